The fraction of sp³-hybridized carbons (Fsp3) is 0.143. The van der Waals surface area contributed by atoms with Gasteiger partial charge in [0.05, 0.1) is 22.9 Å². The van der Waals surface area contributed by atoms with Crippen molar-refractivity contribution in [2.45, 2.75) is 19.9 Å². The third kappa shape index (κ3) is 3.80. The number of nitrogens with zero attached hydrogens (tertiary/aromatic N) is 4. The predicted octanol–water partition coefficient (Wildman–Crippen LogP) is 5.31. The number of rotatable bonds is 4. The smallest absolute Gasteiger partial charge is 0.137 e. The van der Waals surface area contributed by atoms with E-state index in [-0.39, 0.29) is 11.9 Å². The van der Waals surface area contributed by atoms with Crippen LogP contribution in [0.5, 0.6) is 0 Å². The van der Waals surface area contributed by atoms with E-state index in [9.17, 15) is 4.39 Å². The fourth-order valence-electron chi connectivity index (χ4n) is 2.97. The number of hydrogen-bond donors (Lipinski definition) is 1. The Balaban J connectivity index is 1.76. The van der Waals surface area contributed by atoms with Crippen molar-refractivity contribution in [3.05, 3.63) is 75.6 Å². The Kier molecular flexibility index (Phi) is 5.17. The van der Waals surface area contributed by atoms with Crippen LogP contribution in [0.2, 0.25) is 0 Å². The van der Waals surface area contributed by atoms with Crippen molar-refractivity contribution in [3.63, 3.8) is 0 Å². The first-order chi connectivity index (χ1) is 13.5. The van der Waals surface area contributed by atoms with Gasteiger partial charge in [0.2, 0.25) is 0 Å². The van der Waals surface area contributed by atoms with Gasteiger partial charge in [-0.1, -0.05) is 12.1 Å². The molecule has 0 bridgehead atoms. The Morgan fingerprint density at radius 1 is 0.964 bits per heavy atom. The fourth-order valence-corrected chi connectivity index (χ4v) is 3.73. The highest BCUT2D eigenvalue weighted by molar-refractivity contribution is 14.1. The third-order valence-electron chi connectivity index (χ3n) is 4.49. The van der Waals surface area contributed by atoms with Crippen LogP contribution in [0.4, 0.5) is 10.2 Å². The van der Waals surface area contributed by atoms with Gasteiger partial charge in [-0.05, 0) is 84.0 Å². The zero-order valence-corrected chi connectivity index (χ0v) is 17.5. The number of aromatic nitrogens is 4. The van der Waals surface area contributed by atoms with Gasteiger partial charge in [-0.2, -0.15) is 10.2 Å². The highest BCUT2D eigenvalue weighted by Gasteiger charge is 2.14. The van der Waals surface area contributed by atoms with Crippen molar-refractivity contribution in [2.24, 2.45) is 0 Å². The van der Waals surface area contributed by atoms with Crippen molar-refractivity contribution < 1.29 is 4.39 Å². The summed E-state index contributed by atoms with van der Waals surface area (Å²) in [5.41, 5.74) is 4.50. The molecule has 5 nitrogen and oxygen atoms in total. The quantitative estimate of drug-likeness (QED) is 0.397. The lowest BCUT2D eigenvalue weighted by Crippen LogP contribution is -2.11. The van der Waals surface area contributed by atoms with Crippen molar-refractivity contribution in [2.75, 3.05) is 5.32 Å². The van der Waals surface area contributed by atoms with E-state index in [0.29, 0.717) is 0 Å². The summed E-state index contributed by atoms with van der Waals surface area (Å²) in [4.78, 5) is 8.88. The minimum Gasteiger partial charge on any atom is -0.361 e. The molecule has 0 saturated heterocycles. The number of hydrogen-bond acceptors (Lipinski definition) is 5. The highest BCUT2D eigenvalue weighted by atomic mass is 127. The molecule has 0 unspecified atom stereocenters. The van der Waals surface area contributed by atoms with Crippen LogP contribution in [0.1, 0.15) is 24.4 Å². The Morgan fingerprint density at radius 2 is 1.75 bits per heavy atom. The number of halogens is 2. The molecular formula is C21H17FIN5. The maximum Gasteiger partial charge on any atom is 0.137 e. The lowest BCUT2D eigenvalue weighted by atomic mass is 10.0. The second-order valence-corrected chi connectivity index (χ2v) is 7.71. The number of benzene rings is 2. The maximum atomic E-state index is 13.3. The van der Waals surface area contributed by atoms with E-state index in [4.69, 9.17) is 0 Å². The lowest BCUT2D eigenvalue weighted by Gasteiger charge is -2.16. The maximum absolute atomic E-state index is 13.3. The van der Waals surface area contributed by atoms with Gasteiger partial charge < -0.3 is 5.32 Å². The molecule has 0 amide bonds. The topological polar surface area (TPSA) is 63.6 Å². The van der Waals surface area contributed by atoms with Crippen molar-refractivity contribution in [3.8, 4) is 11.1 Å². The van der Waals surface area contributed by atoms with E-state index in [1.807, 2.05) is 38.1 Å². The Labute approximate surface area is 175 Å². The van der Waals surface area contributed by atoms with Crippen LogP contribution in [0, 0.1) is 16.3 Å². The molecule has 0 fully saturated rings. The van der Waals surface area contributed by atoms with E-state index < -0.39 is 0 Å². The summed E-state index contributed by atoms with van der Waals surface area (Å²) in [7, 11) is 0. The molecule has 0 spiro atoms. The van der Waals surface area contributed by atoms with Crippen LogP contribution in [0.3, 0.4) is 0 Å². The molecule has 1 atom stereocenters. The van der Waals surface area contributed by atoms with Crippen LogP contribution in [0.15, 0.2) is 54.9 Å². The largest absolute Gasteiger partial charge is 0.361 e. The summed E-state index contributed by atoms with van der Waals surface area (Å²) in [6.07, 6.45) is 1.55. The standard InChI is InChI=1S/C21H17FIN5/c1-12-3-8-19(28-27-12)13(2)26-21-17-9-15(14-4-6-16(22)7-5-14)10-18(23)20(17)24-11-25-21/h3-11,13H,1-2H3,(H,24,25,26)/t13-/m1/s1. The van der Waals surface area contributed by atoms with E-state index in [1.54, 1.807) is 18.5 Å². The van der Waals surface area contributed by atoms with Gasteiger partial charge in [0.15, 0.2) is 0 Å². The van der Waals surface area contributed by atoms with Gasteiger partial charge >= 0.3 is 0 Å². The van der Waals surface area contributed by atoms with E-state index in [2.05, 4.69) is 48.1 Å². The van der Waals surface area contributed by atoms with Crippen molar-refractivity contribution >= 4 is 39.3 Å². The van der Waals surface area contributed by atoms with Gasteiger partial charge in [-0.15, -0.1) is 0 Å². The molecular weight excluding hydrogens is 468 g/mol. The van der Waals surface area contributed by atoms with Gasteiger partial charge in [0.1, 0.15) is 18.0 Å². The van der Waals surface area contributed by atoms with Gasteiger partial charge in [0, 0.05) is 8.96 Å². The van der Waals surface area contributed by atoms with E-state index in [0.717, 1.165) is 42.8 Å². The Hall–Kier alpha value is -2.68. The first-order valence-electron chi connectivity index (χ1n) is 8.78. The number of fused-ring (bicyclic) bond motifs is 1. The molecule has 140 valence electrons. The third-order valence-corrected chi connectivity index (χ3v) is 5.31. The molecule has 4 aromatic rings. The normalized spacial score (nSPS) is 12.1. The summed E-state index contributed by atoms with van der Waals surface area (Å²) in [5, 5.41) is 12.7. The molecule has 2 aromatic carbocycles. The molecule has 0 aliphatic heterocycles. The Bertz CT molecular complexity index is 1130. The first-order valence-corrected chi connectivity index (χ1v) is 9.86. The van der Waals surface area contributed by atoms with Crippen LogP contribution in [-0.2, 0) is 0 Å². The van der Waals surface area contributed by atoms with E-state index in [1.165, 1.54) is 12.1 Å². The number of anilines is 1. The number of nitrogens with one attached hydrogen (secondary N) is 1. The molecule has 4 rings (SSSR count). The van der Waals surface area contributed by atoms with Gasteiger partial charge in [0.25, 0.3) is 0 Å². The lowest BCUT2D eigenvalue weighted by molar-refractivity contribution is 0.628. The summed E-state index contributed by atoms with van der Waals surface area (Å²) < 4.78 is 14.3. The monoisotopic (exact) mass is 485 g/mol. The molecule has 28 heavy (non-hydrogen) atoms. The van der Waals surface area contributed by atoms with E-state index >= 15 is 0 Å². The summed E-state index contributed by atoms with van der Waals surface area (Å²) in [6, 6.07) is 14.4. The minimum atomic E-state index is -0.252. The van der Waals surface area contributed by atoms with Crippen LogP contribution in [-0.4, -0.2) is 20.2 Å². The summed E-state index contributed by atoms with van der Waals surface area (Å²) >= 11 is 2.27. The second kappa shape index (κ2) is 7.75. The van der Waals surface area contributed by atoms with Gasteiger partial charge in [-0.25, -0.2) is 14.4 Å². The predicted molar refractivity (Wildman–Crippen MR) is 116 cm³/mol. The zero-order valence-electron chi connectivity index (χ0n) is 15.3. The first kappa shape index (κ1) is 18.7. The minimum absolute atomic E-state index is 0.0710. The molecule has 0 radical (unpaired) electrons. The Morgan fingerprint density at radius 3 is 2.46 bits per heavy atom. The molecule has 0 saturated carbocycles. The SMILES string of the molecule is Cc1ccc([C@@H](C)Nc2ncnc3c(I)cc(-c4ccc(F)cc4)cc23)nn1. The van der Waals surface area contributed by atoms with Crippen LogP contribution < -0.4 is 5.32 Å². The average molecular weight is 485 g/mol. The highest BCUT2D eigenvalue weighted by Crippen LogP contribution is 2.32. The summed E-state index contributed by atoms with van der Waals surface area (Å²) in [6.45, 7) is 3.92. The van der Waals surface area contributed by atoms with Crippen molar-refractivity contribution in [1.29, 1.82) is 0 Å². The van der Waals surface area contributed by atoms with Crippen LogP contribution in [0.25, 0.3) is 22.0 Å². The zero-order chi connectivity index (χ0) is 19.7. The van der Waals surface area contributed by atoms with Crippen LogP contribution >= 0.6 is 22.6 Å². The summed E-state index contributed by atoms with van der Waals surface area (Å²) in [5.74, 6) is 0.472. The molecule has 0 aliphatic rings. The molecule has 7 heteroatoms. The van der Waals surface area contributed by atoms with Gasteiger partial charge in [-0.3, -0.25) is 0 Å². The second-order valence-electron chi connectivity index (χ2n) is 6.55. The molecule has 2 aromatic heterocycles. The molecule has 0 aliphatic carbocycles. The molecule has 2 heterocycles. The molecule has 1 N–H and O–H groups in total. The average Bonchev–Trinajstić information content (AvgIpc) is 2.69. The number of aryl methyl sites for hydroxylation is 1. The van der Waals surface area contributed by atoms with Crippen molar-refractivity contribution in [1.82, 2.24) is 20.2 Å².